The molecule has 0 saturated carbocycles. The second kappa shape index (κ2) is 13.2. The van der Waals surface area contributed by atoms with Gasteiger partial charge < -0.3 is 19.9 Å². The van der Waals surface area contributed by atoms with Crippen LogP contribution in [0.5, 0.6) is 11.5 Å². The monoisotopic (exact) mass is 445 g/mol. The number of allylic oxidation sites excluding steroid dienone is 1. The van der Waals surface area contributed by atoms with Gasteiger partial charge in [-0.05, 0) is 48.4 Å². The first kappa shape index (κ1) is 24.2. The lowest BCUT2D eigenvalue weighted by molar-refractivity contribution is 0.0994. The molecule has 1 atom stereocenters. The Labute approximate surface area is 195 Å². The molecule has 0 fully saturated rings. The maximum absolute atomic E-state index is 13.0. The van der Waals surface area contributed by atoms with Gasteiger partial charge in [-0.1, -0.05) is 73.7 Å². The molecule has 172 valence electrons. The maximum atomic E-state index is 13.0. The largest absolute Gasteiger partial charge is 0.490 e. The van der Waals surface area contributed by atoms with Crippen LogP contribution < -0.4 is 14.8 Å². The zero-order valence-electron chi connectivity index (χ0n) is 18.9. The SMILES string of the molecule is CCCNCC(O)COc1ccc(OCc2ccccc2)cc1C(=O)C=Cc1ccccc1. The summed E-state index contributed by atoms with van der Waals surface area (Å²) in [5, 5.41) is 13.3. The zero-order valence-corrected chi connectivity index (χ0v) is 18.9. The molecule has 3 aromatic carbocycles. The van der Waals surface area contributed by atoms with E-state index in [1.165, 1.54) is 6.08 Å². The maximum Gasteiger partial charge on any atom is 0.189 e. The van der Waals surface area contributed by atoms with Crippen molar-refractivity contribution in [3.05, 3.63) is 102 Å². The number of benzene rings is 3. The molecule has 2 N–H and O–H groups in total. The molecule has 0 aliphatic heterocycles. The van der Waals surface area contributed by atoms with Crippen molar-refractivity contribution in [3.8, 4) is 11.5 Å². The highest BCUT2D eigenvalue weighted by Crippen LogP contribution is 2.26. The third-order valence-electron chi connectivity index (χ3n) is 4.93. The summed E-state index contributed by atoms with van der Waals surface area (Å²) in [4.78, 5) is 13.0. The van der Waals surface area contributed by atoms with E-state index in [4.69, 9.17) is 9.47 Å². The molecule has 5 nitrogen and oxygen atoms in total. The highest BCUT2D eigenvalue weighted by atomic mass is 16.5. The smallest absolute Gasteiger partial charge is 0.189 e. The quantitative estimate of drug-likeness (QED) is 0.223. The van der Waals surface area contributed by atoms with Gasteiger partial charge >= 0.3 is 0 Å². The first-order chi connectivity index (χ1) is 16.2. The Kier molecular flexibility index (Phi) is 9.70. The minimum Gasteiger partial charge on any atom is -0.490 e. The summed E-state index contributed by atoms with van der Waals surface area (Å²) in [6.45, 7) is 3.82. The lowest BCUT2D eigenvalue weighted by Crippen LogP contribution is -2.32. The average Bonchev–Trinajstić information content (AvgIpc) is 2.86. The van der Waals surface area contributed by atoms with Gasteiger partial charge in [0.1, 0.15) is 30.8 Å². The molecule has 0 radical (unpaired) electrons. The predicted octanol–water partition coefficient (Wildman–Crippen LogP) is 4.90. The van der Waals surface area contributed by atoms with Crippen LogP contribution in [0.25, 0.3) is 6.08 Å². The number of hydrogen-bond donors (Lipinski definition) is 2. The fourth-order valence-electron chi connectivity index (χ4n) is 3.17. The van der Waals surface area contributed by atoms with E-state index < -0.39 is 6.10 Å². The molecule has 5 heteroatoms. The number of ketones is 1. The summed E-state index contributed by atoms with van der Waals surface area (Å²) in [5.74, 6) is 0.796. The lowest BCUT2D eigenvalue weighted by Gasteiger charge is -2.16. The van der Waals surface area contributed by atoms with Gasteiger partial charge in [0.25, 0.3) is 0 Å². The van der Waals surface area contributed by atoms with Gasteiger partial charge in [0.05, 0.1) is 5.56 Å². The minimum atomic E-state index is -0.673. The second-order valence-corrected chi connectivity index (χ2v) is 7.71. The van der Waals surface area contributed by atoms with Crippen molar-refractivity contribution < 1.29 is 19.4 Å². The van der Waals surface area contributed by atoms with E-state index in [1.54, 1.807) is 24.3 Å². The van der Waals surface area contributed by atoms with Crippen LogP contribution in [0.15, 0.2) is 84.9 Å². The fourth-order valence-corrected chi connectivity index (χ4v) is 3.17. The molecular formula is C28H31NO4. The number of rotatable bonds is 13. The Hall–Kier alpha value is -3.41. The third kappa shape index (κ3) is 8.22. The highest BCUT2D eigenvalue weighted by molar-refractivity contribution is 6.08. The summed E-state index contributed by atoms with van der Waals surface area (Å²) < 4.78 is 11.7. The molecule has 3 aromatic rings. The van der Waals surface area contributed by atoms with Crippen LogP contribution >= 0.6 is 0 Å². The van der Waals surface area contributed by atoms with Gasteiger partial charge in [0.15, 0.2) is 5.78 Å². The first-order valence-corrected chi connectivity index (χ1v) is 11.3. The summed E-state index contributed by atoms with van der Waals surface area (Å²) in [5.41, 5.74) is 2.36. The number of aliphatic hydroxyl groups is 1. The van der Waals surface area contributed by atoms with Crippen molar-refractivity contribution in [2.45, 2.75) is 26.1 Å². The van der Waals surface area contributed by atoms with Gasteiger partial charge in [0.2, 0.25) is 0 Å². The van der Waals surface area contributed by atoms with E-state index in [1.807, 2.05) is 60.7 Å². The van der Waals surface area contributed by atoms with Crippen molar-refractivity contribution in [1.29, 1.82) is 0 Å². The Balaban J connectivity index is 1.74. The molecule has 0 aromatic heterocycles. The van der Waals surface area contributed by atoms with Gasteiger partial charge in [0, 0.05) is 6.54 Å². The summed E-state index contributed by atoms with van der Waals surface area (Å²) in [6, 6.07) is 24.7. The summed E-state index contributed by atoms with van der Waals surface area (Å²) >= 11 is 0. The molecule has 1 unspecified atom stereocenters. The van der Waals surface area contributed by atoms with Crippen LogP contribution in [0.1, 0.15) is 34.8 Å². The van der Waals surface area contributed by atoms with Crippen molar-refractivity contribution in [2.75, 3.05) is 19.7 Å². The molecule has 0 aliphatic carbocycles. The normalized spacial score (nSPS) is 11.9. The standard InChI is InChI=1S/C28H31NO4/c1-2-17-29-19-24(30)21-33-28-16-14-25(32-20-23-11-7-4-8-12-23)18-26(28)27(31)15-13-22-9-5-3-6-10-22/h3-16,18,24,29-30H,2,17,19-21H2,1H3. The summed E-state index contributed by atoms with van der Waals surface area (Å²) in [6.07, 6.45) is 3.61. The van der Waals surface area contributed by atoms with E-state index >= 15 is 0 Å². The summed E-state index contributed by atoms with van der Waals surface area (Å²) in [7, 11) is 0. The lowest BCUT2D eigenvalue weighted by atomic mass is 10.1. The first-order valence-electron chi connectivity index (χ1n) is 11.3. The predicted molar refractivity (Wildman–Crippen MR) is 132 cm³/mol. The zero-order chi connectivity index (χ0) is 23.3. The molecule has 0 heterocycles. The van der Waals surface area contributed by atoms with Gasteiger partial charge in [-0.15, -0.1) is 0 Å². The fraction of sp³-hybridized carbons (Fsp3) is 0.250. The molecule has 0 aliphatic rings. The Morgan fingerprint density at radius 1 is 1.00 bits per heavy atom. The minimum absolute atomic E-state index is 0.0869. The van der Waals surface area contributed by atoms with Gasteiger partial charge in [-0.25, -0.2) is 0 Å². The van der Waals surface area contributed by atoms with E-state index in [0.717, 1.165) is 24.1 Å². The van der Waals surface area contributed by atoms with Crippen molar-refractivity contribution >= 4 is 11.9 Å². The number of aliphatic hydroxyl groups excluding tert-OH is 1. The molecule has 33 heavy (non-hydrogen) atoms. The van der Waals surface area contributed by atoms with Gasteiger partial charge in [-0.3, -0.25) is 4.79 Å². The molecule has 0 bridgehead atoms. The Morgan fingerprint density at radius 3 is 2.45 bits per heavy atom. The van der Waals surface area contributed by atoms with Gasteiger partial charge in [-0.2, -0.15) is 0 Å². The number of ether oxygens (including phenoxy) is 2. The van der Waals surface area contributed by atoms with Crippen molar-refractivity contribution in [2.24, 2.45) is 0 Å². The third-order valence-corrected chi connectivity index (χ3v) is 4.93. The van der Waals surface area contributed by atoms with Crippen molar-refractivity contribution in [1.82, 2.24) is 5.32 Å². The van der Waals surface area contributed by atoms with Crippen LogP contribution in [-0.2, 0) is 6.61 Å². The van der Waals surface area contributed by atoms with Crippen LogP contribution in [0.4, 0.5) is 0 Å². The van der Waals surface area contributed by atoms with E-state index in [0.29, 0.717) is 30.2 Å². The van der Waals surface area contributed by atoms with Crippen LogP contribution in [0.3, 0.4) is 0 Å². The highest BCUT2D eigenvalue weighted by Gasteiger charge is 2.14. The number of nitrogens with one attached hydrogen (secondary N) is 1. The van der Waals surface area contributed by atoms with Crippen LogP contribution in [0.2, 0.25) is 0 Å². The van der Waals surface area contributed by atoms with E-state index in [9.17, 15) is 9.90 Å². The van der Waals surface area contributed by atoms with Crippen LogP contribution in [0, 0.1) is 0 Å². The number of hydrogen-bond acceptors (Lipinski definition) is 5. The average molecular weight is 446 g/mol. The topological polar surface area (TPSA) is 67.8 Å². The van der Waals surface area contributed by atoms with Crippen LogP contribution in [-0.4, -0.2) is 36.7 Å². The molecular weight excluding hydrogens is 414 g/mol. The molecule has 0 amide bonds. The second-order valence-electron chi connectivity index (χ2n) is 7.71. The van der Waals surface area contributed by atoms with Crippen molar-refractivity contribution in [3.63, 3.8) is 0 Å². The Morgan fingerprint density at radius 2 is 1.73 bits per heavy atom. The van der Waals surface area contributed by atoms with E-state index in [2.05, 4.69) is 12.2 Å². The van der Waals surface area contributed by atoms with E-state index in [-0.39, 0.29) is 12.4 Å². The number of carbonyl (C=O) groups excluding carboxylic acids is 1. The molecule has 0 spiro atoms. The number of carbonyl (C=O) groups is 1. The molecule has 3 rings (SSSR count). The Bertz CT molecular complexity index is 1020. The molecule has 0 saturated heterocycles.